The summed E-state index contributed by atoms with van der Waals surface area (Å²) in [6.45, 7) is 8.87. The third-order valence-corrected chi connectivity index (χ3v) is 10.8. The molecule has 0 spiro atoms. The first-order valence-electron chi connectivity index (χ1n) is 13.1. The fraction of sp³-hybridized carbons (Fsp3) is 0.265. The molecule has 0 saturated carbocycles. The topological polar surface area (TPSA) is 26.0 Å². The standard InChI is InChI=1S/C34H35NOSe/c1-20(2)15-24-12-10-14-27-31-32(25-18-23-11-8-9-13-26(23)29(19-25)37(5,6)7)35-28-17-21(3)16-22(4)30(28)34(31)36-33(24)27/h8-14,16-20H,15H2,1-7H3. The van der Waals surface area contributed by atoms with Crippen LogP contribution in [0.25, 0.3) is 54.9 Å². The van der Waals surface area contributed by atoms with Crippen LogP contribution in [0.4, 0.5) is 0 Å². The summed E-state index contributed by atoms with van der Waals surface area (Å²) in [5.41, 5.74) is 8.91. The van der Waals surface area contributed by atoms with Crippen LogP contribution in [-0.4, -0.2) is 17.8 Å². The summed E-state index contributed by atoms with van der Waals surface area (Å²) < 4.78 is 8.33. The molecule has 0 aliphatic heterocycles. The summed E-state index contributed by atoms with van der Waals surface area (Å²) in [4.78, 5) is 5.40. The fourth-order valence-corrected chi connectivity index (χ4v) is 8.60. The van der Waals surface area contributed by atoms with Gasteiger partial charge < -0.3 is 0 Å². The Morgan fingerprint density at radius 3 is 2.32 bits per heavy atom. The van der Waals surface area contributed by atoms with E-state index in [1.807, 2.05) is 0 Å². The molecule has 2 heterocycles. The van der Waals surface area contributed by atoms with Gasteiger partial charge in [-0.3, -0.25) is 0 Å². The van der Waals surface area contributed by atoms with Crippen LogP contribution >= 0.6 is 0 Å². The first kappa shape index (κ1) is 24.2. The van der Waals surface area contributed by atoms with Gasteiger partial charge in [0.15, 0.2) is 0 Å². The molecule has 0 aliphatic rings. The van der Waals surface area contributed by atoms with Gasteiger partial charge in [-0.15, -0.1) is 0 Å². The van der Waals surface area contributed by atoms with E-state index in [1.165, 1.54) is 42.9 Å². The van der Waals surface area contributed by atoms with E-state index < -0.39 is 12.8 Å². The second-order valence-electron chi connectivity index (χ2n) is 11.7. The minimum atomic E-state index is -1.82. The van der Waals surface area contributed by atoms with Crippen molar-refractivity contribution in [1.29, 1.82) is 0 Å². The normalized spacial score (nSPS) is 13.0. The van der Waals surface area contributed by atoms with Crippen molar-refractivity contribution in [3.8, 4) is 11.3 Å². The summed E-state index contributed by atoms with van der Waals surface area (Å²) in [5.74, 6) is 7.90. The van der Waals surface area contributed by atoms with E-state index in [4.69, 9.17) is 9.40 Å². The molecule has 188 valence electrons. The number of aryl methyl sites for hydroxylation is 2. The number of hydrogen-bond acceptors (Lipinski definition) is 2. The van der Waals surface area contributed by atoms with Crippen LogP contribution in [0.15, 0.2) is 71.1 Å². The number of benzene rings is 4. The summed E-state index contributed by atoms with van der Waals surface area (Å²) in [6.07, 6.45) is 0.992. The molecule has 0 atom stereocenters. The third kappa shape index (κ3) is 4.06. The molecule has 0 fully saturated rings. The first-order valence-corrected chi connectivity index (χ1v) is 19.1. The Kier molecular flexibility index (Phi) is 5.71. The zero-order valence-electron chi connectivity index (χ0n) is 22.9. The van der Waals surface area contributed by atoms with Crippen molar-refractivity contribution in [2.75, 3.05) is 0 Å². The molecule has 2 nitrogen and oxygen atoms in total. The molecule has 6 aromatic rings. The van der Waals surface area contributed by atoms with E-state index in [9.17, 15) is 0 Å². The second kappa shape index (κ2) is 8.72. The van der Waals surface area contributed by atoms with Crippen LogP contribution in [0.3, 0.4) is 0 Å². The molecule has 2 aromatic heterocycles. The van der Waals surface area contributed by atoms with Gasteiger partial charge in [-0.2, -0.15) is 0 Å². The number of furan rings is 1. The van der Waals surface area contributed by atoms with Gasteiger partial charge >= 0.3 is 222 Å². The second-order valence-corrected chi connectivity index (χ2v) is 20.3. The predicted octanol–water partition coefficient (Wildman–Crippen LogP) is 9.31. The number of para-hydroxylation sites is 1. The van der Waals surface area contributed by atoms with Crippen LogP contribution in [0, 0.1) is 19.8 Å². The van der Waals surface area contributed by atoms with Gasteiger partial charge in [-0.25, -0.2) is 0 Å². The van der Waals surface area contributed by atoms with Crippen molar-refractivity contribution in [3.63, 3.8) is 0 Å². The number of nitrogens with zero attached hydrogens (tertiary/aromatic N) is 1. The molecule has 0 aliphatic carbocycles. The van der Waals surface area contributed by atoms with Crippen molar-refractivity contribution < 1.29 is 4.42 Å². The number of hydrogen-bond donors (Lipinski definition) is 0. The molecular weight excluding hydrogens is 517 g/mol. The minimum absolute atomic E-state index is 0.554. The zero-order valence-corrected chi connectivity index (χ0v) is 24.6. The predicted molar refractivity (Wildman–Crippen MR) is 163 cm³/mol. The van der Waals surface area contributed by atoms with E-state index in [0.29, 0.717) is 5.92 Å². The summed E-state index contributed by atoms with van der Waals surface area (Å²) in [6, 6.07) is 24.6. The first-order chi connectivity index (χ1) is 17.6. The molecule has 0 radical (unpaired) electrons. The van der Waals surface area contributed by atoms with E-state index in [2.05, 4.69) is 112 Å². The van der Waals surface area contributed by atoms with Crippen LogP contribution in [0.1, 0.15) is 30.5 Å². The van der Waals surface area contributed by atoms with E-state index in [0.717, 1.165) is 39.6 Å². The maximum atomic E-state index is 6.84. The SMILES string of the molecule is Cc1cc(C)c2c(c1)nc(-c1cc([Se](C)(C)C)c3ccccc3c1)c1c3cccc(CC(C)C)c3oc21. The summed E-state index contributed by atoms with van der Waals surface area (Å²) in [5, 5.41) is 6.09. The van der Waals surface area contributed by atoms with Gasteiger partial charge in [-0.1, -0.05) is 0 Å². The fourth-order valence-electron chi connectivity index (χ4n) is 5.82. The molecule has 0 bridgehead atoms. The number of aromatic nitrogens is 1. The summed E-state index contributed by atoms with van der Waals surface area (Å²) in [7, 11) is 0. The van der Waals surface area contributed by atoms with Crippen LogP contribution in [0.2, 0.25) is 17.5 Å². The molecule has 4 aromatic carbocycles. The Bertz CT molecular complexity index is 1840. The number of pyridine rings is 1. The van der Waals surface area contributed by atoms with Gasteiger partial charge in [0.2, 0.25) is 0 Å². The monoisotopic (exact) mass is 553 g/mol. The number of rotatable bonds is 4. The molecule has 0 saturated heterocycles. The van der Waals surface area contributed by atoms with Gasteiger partial charge in [0.05, 0.1) is 0 Å². The Balaban J connectivity index is 1.80. The molecule has 0 amide bonds. The van der Waals surface area contributed by atoms with Crippen molar-refractivity contribution >= 4 is 60.9 Å². The van der Waals surface area contributed by atoms with Crippen LogP contribution < -0.4 is 4.46 Å². The van der Waals surface area contributed by atoms with Gasteiger partial charge in [0.25, 0.3) is 0 Å². The van der Waals surface area contributed by atoms with Crippen molar-refractivity contribution in [3.05, 3.63) is 83.4 Å². The van der Waals surface area contributed by atoms with Crippen LogP contribution in [0.5, 0.6) is 0 Å². The van der Waals surface area contributed by atoms with Gasteiger partial charge in [0, 0.05) is 0 Å². The average molecular weight is 553 g/mol. The molecule has 0 unspecified atom stereocenters. The quantitative estimate of drug-likeness (QED) is 0.204. The molecule has 6 rings (SSSR count). The molecule has 37 heavy (non-hydrogen) atoms. The molecular formula is C34H35NOSe. The Morgan fingerprint density at radius 2 is 1.57 bits per heavy atom. The van der Waals surface area contributed by atoms with E-state index in [-0.39, 0.29) is 0 Å². The van der Waals surface area contributed by atoms with Gasteiger partial charge in [0.1, 0.15) is 0 Å². The number of fused-ring (bicyclic) bond motifs is 6. The molecule has 0 N–H and O–H groups in total. The average Bonchev–Trinajstić information content (AvgIpc) is 3.22. The van der Waals surface area contributed by atoms with Crippen LogP contribution in [-0.2, 0) is 6.42 Å². The zero-order chi connectivity index (χ0) is 26.1. The van der Waals surface area contributed by atoms with Crippen molar-refractivity contribution in [2.45, 2.75) is 51.6 Å². The maximum absolute atomic E-state index is 6.84. The molecule has 3 heteroatoms. The Labute approximate surface area is 221 Å². The third-order valence-electron chi connectivity index (χ3n) is 7.34. The van der Waals surface area contributed by atoms with Crippen molar-refractivity contribution in [1.82, 2.24) is 4.98 Å². The van der Waals surface area contributed by atoms with E-state index in [1.54, 1.807) is 0 Å². The summed E-state index contributed by atoms with van der Waals surface area (Å²) >= 11 is -1.82. The van der Waals surface area contributed by atoms with E-state index >= 15 is 0 Å². The van der Waals surface area contributed by atoms with Gasteiger partial charge in [-0.05, 0) is 0 Å². The Hall–Kier alpha value is -3.13. The Morgan fingerprint density at radius 1 is 0.811 bits per heavy atom. The van der Waals surface area contributed by atoms with Crippen molar-refractivity contribution in [2.24, 2.45) is 5.92 Å².